The fraction of sp³-hybridized carbons (Fsp3) is 0.333. The summed E-state index contributed by atoms with van der Waals surface area (Å²) in [5.74, 6) is 0. The van der Waals surface area contributed by atoms with Crippen LogP contribution in [0.2, 0.25) is 0 Å². The molecule has 2 nitrogen and oxygen atoms in total. The Bertz CT molecular complexity index is 563. The van der Waals surface area contributed by atoms with Crippen molar-refractivity contribution >= 4 is 5.69 Å². The Morgan fingerprint density at radius 3 is 2.40 bits per heavy atom. The second-order valence-electron chi connectivity index (χ2n) is 5.36. The summed E-state index contributed by atoms with van der Waals surface area (Å²) in [6, 6.07) is 17.1. The second kappa shape index (κ2) is 6.58. The van der Waals surface area contributed by atoms with Gasteiger partial charge in [0.15, 0.2) is 0 Å². The first-order valence-corrected chi connectivity index (χ1v) is 7.23. The summed E-state index contributed by atoms with van der Waals surface area (Å²) >= 11 is 0. The van der Waals surface area contributed by atoms with Gasteiger partial charge in [0.2, 0.25) is 0 Å². The van der Waals surface area contributed by atoms with E-state index >= 15 is 0 Å². The molecule has 0 aliphatic rings. The first-order chi connectivity index (χ1) is 9.63. The maximum atomic E-state index is 6.23. The van der Waals surface area contributed by atoms with Crippen LogP contribution >= 0.6 is 0 Å². The normalized spacial score (nSPS) is 12.2. The summed E-state index contributed by atoms with van der Waals surface area (Å²) in [5.41, 5.74) is 11.4. The zero-order chi connectivity index (χ0) is 14.5. The first kappa shape index (κ1) is 14.6. The molecule has 2 rings (SSSR count). The lowest BCUT2D eigenvalue weighted by Gasteiger charge is -2.25. The molecular weight excluding hydrogens is 244 g/mol. The molecule has 2 heteroatoms. The van der Waals surface area contributed by atoms with E-state index in [9.17, 15) is 0 Å². The lowest BCUT2D eigenvalue weighted by Crippen LogP contribution is -2.21. The third-order valence-corrected chi connectivity index (χ3v) is 3.86. The number of nitrogens with two attached hydrogens (primary N) is 1. The number of anilines is 1. The minimum absolute atomic E-state index is 0.102. The summed E-state index contributed by atoms with van der Waals surface area (Å²) < 4.78 is 0. The van der Waals surface area contributed by atoms with E-state index in [2.05, 4.69) is 74.3 Å². The van der Waals surface area contributed by atoms with E-state index in [1.807, 2.05) is 0 Å². The predicted octanol–water partition coefficient (Wildman–Crippen LogP) is 4.04. The van der Waals surface area contributed by atoms with Crippen LogP contribution in [0.1, 0.15) is 36.1 Å². The van der Waals surface area contributed by atoms with Crippen LogP contribution in [0.5, 0.6) is 0 Å². The van der Waals surface area contributed by atoms with E-state index in [0.29, 0.717) is 0 Å². The number of benzene rings is 2. The van der Waals surface area contributed by atoms with E-state index in [4.69, 9.17) is 5.73 Å². The van der Waals surface area contributed by atoms with E-state index < -0.39 is 0 Å². The van der Waals surface area contributed by atoms with Crippen molar-refractivity contribution in [2.24, 2.45) is 5.73 Å². The molecule has 2 aromatic carbocycles. The fourth-order valence-corrected chi connectivity index (χ4v) is 2.50. The van der Waals surface area contributed by atoms with Crippen molar-refractivity contribution in [2.45, 2.75) is 32.9 Å². The fourth-order valence-electron chi connectivity index (χ4n) is 2.50. The Kier molecular flexibility index (Phi) is 4.80. The van der Waals surface area contributed by atoms with Crippen LogP contribution in [0.3, 0.4) is 0 Å². The van der Waals surface area contributed by atoms with Crippen molar-refractivity contribution < 1.29 is 0 Å². The molecular formula is C18H24N2. The molecule has 0 heterocycles. The average Bonchev–Trinajstić information content (AvgIpc) is 2.48. The Morgan fingerprint density at radius 1 is 1.05 bits per heavy atom. The standard InChI is InChI=1S/C18H24N2/c1-4-17(19)16-11-7-8-12-18(16)20(3)13-15-10-6-5-9-14(15)2/h5-12,17H,4,13,19H2,1-3H3/t17-/m0/s1. The van der Waals surface area contributed by atoms with Gasteiger partial charge in [-0.25, -0.2) is 0 Å². The monoisotopic (exact) mass is 268 g/mol. The van der Waals surface area contributed by atoms with Gasteiger partial charge in [0.05, 0.1) is 0 Å². The average molecular weight is 268 g/mol. The van der Waals surface area contributed by atoms with Crippen molar-refractivity contribution in [3.63, 3.8) is 0 Å². The van der Waals surface area contributed by atoms with Gasteiger partial charge in [-0.05, 0) is 36.1 Å². The van der Waals surface area contributed by atoms with Crippen molar-refractivity contribution in [1.82, 2.24) is 0 Å². The van der Waals surface area contributed by atoms with Crippen molar-refractivity contribution in [3.8, 4) is 0 Å². The number of rotatable bonds is 5. The number of nitrogens with zero attached hydrogens (tertiary/aromatic N) is 1. The van der Waals surface area contributed by atoms with Gasteiger partial charge >= 0.3 is 0 Å². The molecule has 0 spiro atoms. The van der Waals surface area contributed by atoms with Gasteiger partial charge in [0.25, 0.3) is 0 Å². The molecule has 0 fully saturated rings. The Hall–Kier alpha value is -1.80. The van der Waals surface area contributed by atoms with Crippen molar-refractivity contribution in [2.75, 3.05) is 11.9 Å². The van der Waals surface area contributed by atoms with Gasteiger partial charge in [-0.1, -0.05) is 49.4 Å². The first-order valence-electron chi connectivity index (χ1n) is 7.23. The van der Waals surface area contributed by atoms with Gasteiger partial charge < -0.3 is 10.6 Å². The second-order valence-corrected chi connectivity index (χ2v) is 5.36. The van der Waals surface area contributed by atoms with E-state index in [0.717, 1.165) is 13.0 Å². The number of aryl methyl sites for hydroxylation is 1. The molecule has 0 saturated heterocycles. The van der Waals surface area contributed by atoms with Crippen LogP contribution in [0.4, 0.5) is 5.69 Å². The van der Waals surface area contributed by atoms with Crippen molar-refractivity contribution in [3.05, 3.63) is 65.2 Å². The van der Waals surface area contributed by atoms with Gasteiger partial charge in [0.1, 0.15) is 0 Å². The smallest absolute Gasteiger partial charge is 0.0428 e. The highest BCUT2D eigenvalue weighted by Crippen LogP contribution is 2.27. The van der Waals surface area contributed by atoms with Gasteiger partial charge in [0, 0.05) is 25.3 Å². The maximum absolute atomic E-state index is 6.23. The predicted molar refractivity (Wildman–Crippen MR) is 86.9 cm³/mol. The summed E-state index contributed by atoms with van der Waals surface area (Å²) in [6.45, 7) is 5.19. The van der Waals surface area contributed by atoms with Gasteiger partial charge in [-0.3, -0.25) is 0 Å². The quantitative estimate of drug-likeness (QED) is 0.886. The minimum Gasteiger partial charge on any atom is -0.370 e. The van der Waals surface area contributed by atoms with Gasteiger partial charge in [-0.15, -0.1) is 0 Å². The minimum atomic E-state index is 0.102. The van der Waals surface area contributed by atoms with Crippen LogP contribution in [0, 0.1) is 6.92 Å². The topological polar surface area (TPSA) is 29.3 Å². The molecule has 0 aliphatic carbocycles. The summed E-state index contributed by atoms with van der Waals surface area (Å²) in [7, 11) is 2.13. The lowest BCUT2D eigenvalue weighted by molar-refractivity contribution is 0.694. The molecule has 0 aromatic heterocycles. The van der Waals surface area contributed by atoms with E-state index in [1.54, 1.807) is 0 Å². The highest BCUT2D eigenvalue weighted by atomic mass is 15.1. The molecule has 0 bridgehead atoms. The maximum Gasteiger partial charge on any atom is 0.0428 e. The third-order valence-electron chi connectivity index (χ3n) is 3.86. The van der Waals surface area contributed by atoms with Crippen LogP contribution in [-0.2, 0) is 6.54 Å². The lowest BCUT2D eigenvalue weighted by atomic mass is 10.0. The molecule has 0 aliphatic heterocycles. The van der Waals surface area contributed by atoms with E-state index in [-0.39, 0.29) is 6.04 Å². The molecule has 2 aromatic rings. The molecule has 20 heavy (non-hydrogen) atoms. The number of para-hydroxylation sites is 1. The molecule has 0 amide bonds. The Balaban J connectivity index is 2.26. The summed E-state index contributed by atoms with van der Waals surface area (Å²) in [5, 5.41) is 0. The van der Waals surface area contributed by atoms with E-state index in [1.165, 1.54) is 22.4 Å². The summed E-state index contributed by atoms with van der Waals surface area (Å²) in [4.78, 5) is 2.28. The molecule has 2 N–H and O–H groups in total. The largest absolute Gasteiger partial charge is 0.370 e. The zero-order valence-corrected chi connectivity index (χ0v) is 12.6. The molecule has 0 unspecified atom stereocenters. The molecule has 0 saturated carbocycles. The number of hydrogen-bond acceptors (Lipinski definition) is 2. The zero-order valence-electron chi connectivity index (χ0n) is 12.6. The van der Waals surface area contributed by atoms with Crippen LogP contribution in [0.25, 0.3) is 0 Å². The number of hydrogen-bond donors (Lipinski definition) is 1. The Labute approximate surface area is 122 Å². The Morgan fingerprint density at radius 2 is 1.70 bits per heavy atom. The molecule has 106 valence electrons. The van der Waals surface area contributed by atoms with Crippen molar-refractivity contribution in [1.29, 1.82) is 0 Å². The van der Waals surface area contributed by atoms with Gasteiger partial charge in [-0.2, -0.15) is 0 Å². The summed E-state index contributed by atoms with van der Waals surface area (Å²) in [6.07, 6.45) is 0.954. The molecule has 1 atom stereocenters. The SMILES string of the molecule is CC[C@H](N)c1ccccc1N(C)Cc1ccccc1C. The van der Waals surface area contributed by atoms with Crippen LogP contribution < -0.4 is 10.6 Å². The third kappa shape index (κ3) is 3.20. The highest BCUT2D eigenvalue weighted by Gasteiger charge is 2.12. The van der Waals surface area contributed by atoms with Crippen LogP contribution in [-0.4, -0.2) is 7.05 Å². The van der Waals surface area contributed by atoms with Crippen LogP contribution in [0.15, 0.2) is 48.5 Å². The molecule has 0 radical (unpaired) electrons. The highest BCUT2D eigenvalue weighted by molar-refractivity contribution is 5.55.